The Morgan fingerprint density at radius 1 is 0.818 bits per heavy atom. The number of methoxy groups -OCH3 is 2. The first-order valence-electron chi connectivity index (χ1n) is 18.5. The van der Waals surface area contributed by atoms with Gasteiger partial charge in [0, 0.05) is 42.2 Å². The molecular formula is C38H47FN10O6. The Morgan fingerprint density at radius 2 is 1.40 bits per heavy atom. The molecule has 0 unspecified atom stereocenters. The van der Waals surface area contributed by atoms with Gasteiger partial charge in [0.1, 0.15) is 29.6 Å². The summed E-state index contributed by atoms with van der Waals surface area (Å²) in [5, 5.41) is 5.29. The highest BCUT2D eigenvalue weighted by Crippen LogP contribution is 2.34. The molecule has 4 amide bonds. The van der Waals surface area contributed by atoms with E-state index in [0.29, 0.717) is 78.1 Å². The van der Waals surface area contributed by atoms with Crippen molar-refractivity contribution in [2.45, 2.75) is 77.5 Å². The number of amidine groups is 1. The van der Waals surface area contributed by atoms with Crippen LogP contribution in [0.25, 0.3) is 22.6 Å². The second kappa shape index (κ2) is 16.7. The van der Waals surface area contributed by atoms with E-state index in [4.69, 9.17) is 14.5 Å². The monoisotopic (exact) mass is 758 g/mol. The largest absolute Gasteiger partial charge is 0.453 e. The molecule has 2 aromatic heterocycles. The van der Waals surface area contributed by atoms with E-state index in [1.165, 1.54) is 20.3 Å². The van der Waals surface area contributed by atoms with Crippen molar-refractivity contribution in [3.63, 3.8) is 0 Å². The van der Waals surface area contributed by atoms with E-state index in [9.17, 15) is 19.2 Å². The van der Waals surface area contributed by atoms with Crippen LogP contribution in [-0.4, -0.2) is 117 Å². The molecule has 0 aliphatic carbocycles. The molecule has 1 aromatic carbocycles. The molecule has 2 saturated heterocycles. The van der Waals surface area contributed by atoms with Gasteiger partial charge >= 0.3 is 12.2 Å². The third kappa shape index (κ3) is 8.34. The number of benzene rings is 1. The zero-order chi connectivity index (χ0) is 39.4. The van der Waals surface area contributed by atoms with Crippen LogP contribution in [0.5, 0.6) is 0 Å². The highest BCUT2D eigenvalue weighted by molar-refractivity contribution is 6.14. The normalized spacial score (nSPS) is 19.3. The number of halogens is 1. The lowest BCUT2D eigenvalue weighted by Gasteiger charge is -2.30. The lowest BCUT2D eigenvalue weighted by molar-refractivity contribution is -0.135. The molecule has 4 atom stereocenters. The van der Waals surface area contributed by atoms with Crippen molar-refractivity contribution in [1.29, 1.82) is 0 Å². The molecule has 6 rings (SSSR count). The van der Waals surface area contributed by atoms with Crippen LogP contribution < -0.4 is 10.6 Å². The Hall–Kier alpha value is -5.74. The lowest BCUT2D eigenvalue weighted by Crippen LogP contribution is -2.53. The topological polar surface area (TPSA) is 196 Å². The van der Waals surface area contributed by atoms with Crippen molar-refractivity contribution in [3.05, 3.63) is 54.0 Å². The molecule has 3 aromatic rings. The molecule has 5 heterocycles. The zero-order valence-corrected chi connectivity index (χ0v) is 31.8. The molecule has 0 bridgehead atoms. The maximum absolute atomic E-state index is 15.6. The number of carbonyl (C=O) groups is 4. The summed E-state index contributed by atoms with van der Waals surface area (Å²) >= 11 is 0. The summed E-state index contributed by atoms with van der Waals surface area (Å²) < 4.78 is 25.1. The van der Waals surface area contributed by atoms with Gasteiger partial charge in [-0.05, 0) is 49.7 Å². The Labute approximate surface area is 318 Å². The van der Waals surface area contributed by atoms with Crippen LogP contribution in [0.3, 0.4) is 0 Å². The number of hydrogen-bond donors (Lipinski definition) is 3. The Balaban J connectivity index is 1.12. The predicted octanol–water partition coefficient (Wildman–Crippen LogP) is 4.29. The average Bonchev–Trinajstić information content (AvgIpc) is 4.02. The minimum Gasteiger partial charge on any atom is -0.453 e. The molecule has 292 valence electrons. The number of nitrogens with zero attached hydrogens (tertiary/aromatic N) is 7. The number of aromatic nitrogens is 4. The molecule has 17 heteroatoms. The van der Waals surface area contributed by atoms with Gasteiger partial charge in [0.05, 0.1) is 50.5 Å². The molecule has 3 aliphatic rings. The van der Waals surface area contributed by atoms with E-state index in [1.54, 1.807) is 40.5 Å². The minimum absolute atomic E-state index is 0.148. The van der Waals surface area contributed by atoms with Crippen LogP contribution in [0.15, 0.2) is 46.8 Å². The number of rotatable bonds is 11. The van der Waals surface area contributed by atoms with Crippen LogP contribution in [0, 0.1) is 17.7 Å². The number of hydrogen-bond acceptors (Lipinski definition) is 11. The molecular weight excluding hydrogens is 711 g/mol. The number of H-pyrrole nitrogens is 1. The Kier molecular flexibility index (Phi) is 11.9. The van der Waals surface area contributed by atoms with Gasteiger partial charge in [0.25, 0.3) is 0 Å². The van der Waals surface area contributed by atoms with E-state index in [-0.39, 0.29) is 35.7 Å². The summed E-state index contributed by atoms with van der Waals surface area (Å²) in [5.74, 6) is 0.162. The standard InChI is InChI=1S/C38H47FN10O6/c1-20(2)30(46-37(52)54-5)35(50)48-13-7-9-28(48)33-42-18-26(44-33)23-16-40-32(41-17-23)22-11-12-24(25(39)15-22)27-19-43-34(45-27)29-10-8-14-49(29)36(51)31(21(3)4)47-38(53)55-6/h11-12,15-17,19-21,28-31H,7-10,13-14,18H2,1-6H3,(H,43,45)(H,46,52)(H,47,53)/t28-,29-,30+,31+/m1/s1. The maximum Gasteiger partial charge on any atom is 0.407 e. The van der Waals surface area contributed by atoms with E-state index in [2.05, 4.69) is 35.6 Å². The summed E-state index contributed by atoms with van der Waals surface area (Å²) in [6.07, 6.45) is 6.38. The number of aromatic amines is 1. The molecule has 55 heavy (non-hydrogen) atoms. The summed E-state index contributed by atoms with van der Waals surface area (Å²) in [7, 11) is 2.51. The summed E-state index contributed by atoms with van der Waals surface area (Å²) in [4.78, 5) is 80.4. The van der Waals surface area contributed by atoms with Gasteiger partial charge < -0.3 is 34.9 Å². The maximum atomic E-state index is 15.6. The van der Waals surface area contributed by atoms with E-state index < -0.39 is 30.1 Å². The highest BCUT2D eigenvalue weighted by atomic mass is 19.1. The number of amides is 4. The van der Waals surface area contributed by atoms with Gasteiger partial charge in [-0.2, -0.15) is 0 Å². The van der Waals surface area contributed by atoms with Crippen LogP contribution in [0.1, 0.15) is 70.8 Å². The Bertz CT molecular complexity index is 1980. The van der Waals surface area contributed by atoms with Crippen molar-refractivity contribution < 1.29 is 33.0 Å². The number of imidazole rings is 1. The molecule has 3 aliphatic heterocycles. The van der Waals surface area contributed by atoms with Crippen molar-refractivity contribution in [2.24, 2.45) is 21.8 Å². The number of likely N-dealkylation sites (tertiary alicyclic amines) is 2. The Morgan fingerprint density at radius 3 is 1.96 bits per heavy atom. The van der Waals surface area contributed by atoms with Gasteiger partial charge in [-0.25, -0.2) is 33.9 Å². The summed E-state index contributed by atoms with van der Waals surface area (Å²) in [5.41, 5.74) is 2.55. The summed E-state index contributed by atoms with van der Waals surface area (Å²) in [6.45, 7) is 8.77. The van der Waals surface area contributed by atoms with Crippen molar-refractivity contribution >= 4 is 35.5 Å². The van der Waals surface area contributed by atoms with Crippen LogP contribution in [0.4, 0.5) is 14.0 Å². The average molecular weight is 759 g/mol. The fourth-order valence-corrected chi connectivity index (χ4v) is 7.21. The second-order valence-electron chi connectivity index (χ2n) is 14.5. The zero-order valence-electron chi connectivity index (χ0n) is 31.8. The molecule has 0 radical (unpaired) electrons. The van der Waals surface area contributed by atoms with Gasteiger partial charge in [0.2, 0.25) is 11.8 Å². The number of aliphatic imine (C=N–C) groups is 2. The van der Waals surface area contributed by atoms with E-state index in [0.717, 1.165) is 12.8 Å². The first kappa shape index (κ1) is 39.0. The van der Waals surface area contributed by atoms with Gasteiger partial charge in [0.15, 0.2) is 5.82 Å². The number of alkyl carbamates (subject to hydrolysis) is 2. The SMILES string of the molecule is COC(=O)N[C@H](C(=O)N1CCC[C@@H]1C1=NCC(c2cnc(-c3ccc(-c4cnc([C@H]5CCCN5C(=O)[C@@H](NC(=O)OC)C(C)C)[nH]4)c(F)c3)nc2)=N1)C(C)C. The second-order valence-corrected chi connectivity index (χ2v) is 14.5. The molecule has 2 fully saturated rings. The fourth-order valence-electron chi connectivity index (χ4n) is 7.21. The molecule has 3 N–H and O–H groups in total. The third-order valence-electron chi connectivity index (χ3n) is 10.2. The third-order valence-corrected chi connectivity index (χ3v) is 10.2. The van der Waals surface area contributed by atoms with Gasteiger partial charge in [-0.1, -0.05) is 33.8 Å². The van der Waals surface area contributed by atoms with Crippen LogP contribution in [-0.2, 0) is 19.1 Å². The first-order valence-corrected chi connectivity index (χ1v) is 18.5. The van der Waals surface area contributed by atoms with Crippen LogP contribution in [0.2, 0.25) is 0 Å². The minimum atomic E-state index is -0.761. The van der Waals surface area contributed by atoms with E-state index >= 15 is 4.39 Å². The molecule has 16 nitrogen and oxygen atoms in total. The van der Waals surface area contributed by atoms with Gasteiger partial charge in [-0.15, -0.1) is 0 Å². The lowest BCUT2D eigenvalue weighted by atomic mass is 10.0. The summed E-state index contributed by atoms with van der Waals surface area (Å²) in [6, 6.07) is 2.55. The first-order chi connectivity index (χ1) is 26.4. The van der Waals surface area contributed by atoms with Crippen LogP contribution >= 0.6 is 0 Å². The van der Waals surface area contributed by atoms with E-state index in [1.807, 2.05) is 27.7 Å². The fraction of sp³-hybridized carbons (Fsp3) is 0.500. The van der Waals surface area contributed by atoms with Crippen molar-refractivity contribution in [3.8, 4) is 22.6 Å². The predicted molar refractivity (Wildman–Crippen MR) is 201 cm³/mol. The molecule has 0 spiro atoms. The van der Waals surface area contributed by atoms with Gasteiger partial charge in [-0.3, -0.25) is 14.6 Å². The van der Waals surface area contributed by atoms with Crippen molar-refractivity contribution in [2.75, 3.05) is 33.9 Å². The highest BCUT2D eigenvalue weighted by Gasteiger charge is 2.40. The molecule has 0 saturated carbocycles. The quantitative estimate of drug-likeness (QED) is 0.256. The number of ether oxygens (including phenoxy) is 2. The number of carbonyl (C=O) groups excluding carboxylic acids is 4. The smallest absolute Gasteiger partial charge is 0.407 e. The number of nitrogens with one attached hydrogen (secondary N) is 3. The van der Waals surface area contributed by atoms with Crippen molar-refractivity contribution in [1.82, 2.24) is 40.4 Å².